The molecule has 0 bridgehead atoms. The quantitative estimate of drug-likeness (QED) is 0.626. The van der Waals surface area contributed by atoms with Gasteiger partial charge in [-0.15, -0.1) is 0 Å². The minimum absolute atomic E-state index is 0.203. The van der Waals surface area contributed by atoms with Crippen LogP contribution in [0.1, 0.15) is 5.56 Å². The normalized spacial score (nSPS) is 10.8. The lowest BCUT2D eigenvalue weighted by atomic mass is 10.1. The Hall–Kier alpha value is -2.37. The molecule has 1 N–H and O–H groups in total. The van der Waals surface area contributed by atoms with Crippen molar-refractivity contribution in [1.82, 2.24) is 0 Å². The van der Waals surface area contributed by atoms with Gasteiger partial charge in [0.15, 0.2) is 11.5 Å². The standard InChI is InChI=1S/C13H16O6/c1-16-9-6-5-8(7-10(17-2)13(14)15)11(18-3)12(9)19-4/h5-7H,1-4H3,(H,14,15). The fourth-order valence-electron chi connectivity index (χ4n) is 1.59. The molecule has 6 heteroatoms. The lowest BCUT2D eigenvalue weighted by Crippen LogP contribution is -2.03. The van der Waals surface area contributed by atoms with Crippen molar-refractivity contribution in [2.24, 2.45) is 0 Å². The van der Waals surface area contributed by atoms with Gasteiger partial charge >= 0.3 is 5.97 Å². The molecule has 0 radical (unpaired) electrons. The summed E-state index contributed by atoms with van der Waals surface area (Å²) in [5.41, 5.74) is 0.513. The summed E-state index contributed by atoms with van der Waals surface area (Å²) in [5, 5.41) is 8.94. The molecule has 0 unspecified atom stereocenters. The molecule has 0 spiro atoms. The Morgan fingerprint density at radius 3 is 2.11 bits per heavy atom. The summed E-state index contributed by atoms with van der Waals surface area (Å²) in [4.78, 5) is 10.9. The number of methoxy groups -OCH3 is 4. The molecule has 104 valence electrons. The number of rotatable bonds is 6. The van der Waals surface area contributed by atoms with Crippen molar-refractivity contribution in [3.05, 3.63) is 23.5 Å². The van der Waals surface area contributed by atoms with Gasteiger partial charge in [-0.05, 0) is 18.2 Å². The highest BCUT2D eigenvalue weighted by Gasteiger charge is 2.16. The van der Waals surface area contributed by atoms with Crippen molar-refractivity contribution >= 4 is 12.0 Å². The van der Waals surface area contributed by atoms with E-state index in [1.807, 2.05) is 0 Å². The largest absolute Gasteiger partial charge is 0.493 e. The van der Waals surface area contributed by atoms with Gasteiger partial charge in [-0.1, -0.05) is 0 Å². The molecule has 0 fully saturated rings. The van der Waals surface area contributed by atoms with Crippen LogP contribution in [0, 0.1) is 0 Å². The van der Waals surface area contributed by atoms with E-state index in [4.69, 9.17) is 24.1 Å². The highest BCUT2D eigenvalue weighted by atomic mass is 16.5. The molecule has 6 nitrogen and oxygen atoms in total. The Kier molecular flexibility index (Phi) is 5.05. The van der Waals surface area contributed by atoms with Crippen LogP contribution in [-0.2, 0) is 9.53 Å². The van der Waals surface area contributed by atoms with Crippen molar-refractivity contribution in [3.8, 4) is 17.2 Å². The van der Waals surface area contributed by atoms with E-state index in [-0.39, 0.29) is 5.76 Å². The maximum Gasteiger partial charge on any atom is 0.371 e. The summed E-state index contributed by atoms with van der Waals surface area (Å²) in [6.45, 7) is 0. The Labute approximate surface area is 111 Å². The fourth-order valence-corrected chi connectivity index (χ4v) is 1.59. The summed E-state index contributed by atoms with van der Waals surface area (Å²) in [5.74, 6) is -0.118. The van der Waals surface area contributed by atoms with Crippen LogP contribution in [0.3, 0.4) is 0 Å². The second kappa shape index (κ2) is 6.53. The van der Waals surface area contributed by atoms with Crippen LogP contribution in [0.2, 0.25) is 0 Å². The van der Waals surface area contributed by atoms with E-state index in [1.165, 1.54) is 34.5 Å². The van der Waals surface area contributed by atoms with Crippen LogP contribution in [0.5, 0.6) is 17.2 Å². The Morgan fingerprint density at radius 1 is 1.05 bits per heavy atom. The Morgan fingerprint density at radius 2 is 1.68 bits per heavy atom. The second-order valence-electron chi connectivity index (χ2n) is 3.44. The summed E-state index contributed by atoms with van der Waals surface area (Å²) in [7, 11) is 5.72. The van der Waals surface area contributed by atoms with Crippen molar-refractivity contribution in [3.63, 3.8) is 0 Å². The van der Waals surface area contributed by atoms with Crippen LogP contribution < -0.4 is 14.2 Å². The molecule has 19 heavy (non-hydrogen) atoms. The van der Waals surface area contributed by atoms with Gasteiger partial charge < -0.3 is 24.1 Å². The first kappa shape index (κ1) is 14.7. The monoisotopic (exact) mass is 268 g/mol. The van der Waals surface area contributed by atoms with Crippen LogP contribution in [-0.4, -0.2) is 39.5 Å². The molecule has 0 amide bonds. The number of carboxylic acid groups (broad SMARTS) is 1. The molecule has 0 aliphatic rings. The van der Waals surface area contributed by atoms with Gasteiger partial charge in [0.2, 0.25) is 11.5 Å². The van der Waals surface area contributed by atoms with Gasteiger partial charge in [0.25, 0.3) is 0 Å². The molecular weight excluding hydrogens is 252 g/mol. The van der Waals surface area contributed by atoms with E-state index >= 15 is 0 Å². The van der Waals surface area contributed by atoms with Crippen LogP contribution in [0.25, 0.3) is 6.08 Å². The molecule has 1 aromatic carbocycles. The third-order valence-corrected chi connectivity index (χ3v) is 2.45. The lowest BCUT2D eigenvalue weighted by Gasteiger charge is -2.14. The van der Waals surface area contributed by atoms with E-state index in [0.29, 0.717) is 22.8 Å². The van der Waals surface area contributed by atoms with Crippen LogP contribution in [0.15, 0.2) is 17.9 Å². The highest BCUT2D eigenvalue weighted by molar-refractivity contribution is 5.90. The molecule has 0 atom stereocenters. The number of aliphatic carboxylic acids is 1. The van der Waals surface area contributed by atoms with Gasteiger partial charge in [0.1, 0.15) is 0 Å². The number of hydrogen-bond donors (Lipinski definition) is 1. The van der Waals surface area contributed by atoms with E-state index in [1.54, 1.807) is 12.1 Å². The lowest BCUT2D eigenvalue weighted by molar-refractivity contribution is -0.135. The zero-order valence-corrected chi connectivity index (χ0v) is 11.2. The molecule has 1 aromatic rings. The van der Waals surface area contributed by atoms with Gasteiger partial charge in [-0.2, -0.15) is 0 Å². The minimum Gasteiger partial charge on any atom is -0.493 e. The third kappa shape index (κ3) is 3.09. The number of ether oxygens (including phenoxy) is 4. The Bertz CT molecular complexity index is 492. The molecule has 0 saturated heterocycles. The van der Waals surface area contributed by atoms with Gasteiger partial charge in [-0.25, -0.2) is 4.79 Å². The maximum absolute atomic E-state index is 10.9. The molecule has 0 aliphatic carbocycles. The van der Waals surface area contributed by atoms with Gasteiger partial charge in [0.05, 0.1) is 28.4 Å². The molecule has 0 aliphatic heterocycles. The molecule has 1 rings (SSSR count). The maximum atomic E-state index is 10.9. The van der Waals surface area contributed by atoms with Gasteiger partial charge in [0, 0.05) is 5.56 Å². The molecular formula is C13H16O6. The second-order valence-corrected chi connectivity index (χ2v) is 3.44. The van der Waals surface area contributed by atoms with E-state index in [9.17, 15) is 4.79 Å². The zero-order valence-electron chi connectivity index (χ0n) is 11.2. The topological polar surface area (TPSA) is 74.2 Å². The zero-order chi connectivity index (χ0) is 14.4. The molecule has 0 saturated carbocycles. The van der Waals surface area contributed by atoms with E-state index in [0.717, 1.165) is 0 Å². The van der Waals surface area contributed by atoms with E-state index < -0.39 is 5.97 Å². The van der Waals surface area contributed by atoms with Crippen molar-refractivity contribution in [2.45, 2.75) is 0 Å². The third-order valence-electron chi connectivity index (χ3n) is 2.45. The van der Waals surface area contributed by atoms with Crippen molar-refractivity contribution in [1.29, 1.82) is 0 Å². The number of benzene rings is 1. The number of carboxylic acids is 1. The first-order valence-corrected chi connectivity index (χ1v) is 5.37. The van der Waals surface area contributed by atoms with Crippen molar-refractivity contribution in [2.75, 3.05) is 28.4 Å². The summed E-state index contributed by atoms with van der Waals surface area (Å²) in [6.07, 6.45) is 1.35. The summed E-state index contributed by atoms with van der Waals surface area (Å²) >= 11 is 0. The predicted octanol–water partition coefficient (Wildman–Crippen LogP) is 1.78. The van der Waals surface area contributed by atoms with Crippen LogP contribution >= 0.6 is 0 Å². The highest BCUT2D eigenvalue weighted by Crippen LogP contribution is 2.40. The number of carbonyl (C=O) groups is 1. The molecule has 0 heterocycles. The summed E-state index contributed by atoms with van der Waals surface area (Å²) in [6, 6.07) is 3.31. The Balaban J connectivity index is 3.40. The molecule has 0 aromatic heterocycles. The van der Waals surface area contributed by atoms with E-state index in [2.05, 4.69) is 0 Å². The minimum atomic E-state index is -1.17. The average molecular weight is 268 g/mol. The van der Waals surface area contributed by atoms with Crippen LogP contribution in [0.4, 0.5) is 0 Å². The average Bonchev–Trinajstić information content (AvgIpc) is 2.42. The first-order chi connectivity index (χ1) is 9.08. The van der Waals surface area contributed by atoms with Gasteiger partial charge in [-0.3, -0.25) is 0 Å². The first-order valence-electron chi connectivity index (χ1n) is 5.37. The SMILES string of the molecule is COC(=Cc1ccc(OC)c(OC)c1OC)C(=O)O. The number of hydrogen-bond acceptors (Lipinski definition) is 5. The predicted molar refractivity (Wildman–Crippen MR) is 68.7 cm³/mol. The smallest absolute Gasteiger partial charge is 0.371 e. The summed E-state index contributed by atoms with van der Waals surface area (Å²) < 4.78 is 20.4. The fraction of sp³-hybridized carbons (Fsp3) is 0.308. The van der Waals surface area contributed by atoms with Crippen molar-refractivity contribution < 1.29 is 28.8 Å².